The molecule has 2 aromatic heterocycles. The first-order valence-corrected chi connectivity index (χ1v) is 10.5. The molecular formula is C25H25N3O5. The van der Waals surface area contributed by atoms with Crippen LogP contribution in [0.5, 0.6) is 0 Å². The Hall–Kier alpha value is -4.07. The molecule has 1 aliphatic rings. The van der Waals surface area contributed by atoms with Crippen LogP contribution in [-0.2, 0) is 16.1 Å². The van der Waals surface area contributed by atoms with Crippen LogP contribution in [0, 0.1) is 27.7 Å². The van der Waals surface area contributed by atoms with Gasteiger partial charge in [0.2, 0.25) is 5.76 Å². The standard InChI is InChI=1S/C25H25N3O5/c1-14-7-6-8-21(16(14)3)28-15(2)11-18(17(28)4)12-20-23(29)27(25(31)26-20)13-19-9-10-22(33-19)24(30)32-5/h6-12H,13H2,1-5H3,(H,26,31). The number of aromatic nitrogens is 1. The number of rotatable bonds is 5. The predicted octanol–water partition coefficient (Wildman–Crippen LogP) is 4.18. The van der Waals surface area contributed by atoms with E-state index in [0.29, 0.717) is 5.76 Å². The Labute approximate surface area is 191 Å². The number of methoxy groups -OCH3 is 1. The van der Waals surface area contributed by atoms with Gasteiger partial charge in [0.05, 0.1) is 13.7 Å². The van der Waals surface area contributed by atoms with Crippen LogP contribution in [0.25, 0.3) is 11.8 Å². The maximum absolute atomic E-state index is 12.9. The largest absolute Gasteiger partial charge is 0.463 e. The van der Waals surface area contributed by atoms with E-state index in [1.807, 2.05) is 26.0 Å². The lowest BCUT2D eigenvalue weighted by atomic mass is 10.1. The van der Waals surface area contributed by atoms with Gasteiger partial charge in [0, 0.05) is 17.1 Å². The van der Waals surface area contributed by atoms with E-state index in [9.17, 15) is 14.4 Å². The number of amides is 3. The summed E-state index contributed by atoms with van der Waals surface area (Å²) in [5.41, 5.74) is 6.46. The molecule has 170 valence electrons. The first-order chi connectivity index (χ1) is 15.7. The van der Waals surface area contributed by atoms with E-state index in [1.54, 1.807) is 6.08 Å². The highest BCUT2D eigenvalue weighted by Crippen LogP contribution is 2.27. The highest BCUT2D eigenvalue weighted by atomic mass is 16.5. The molecule has 1 N–H and O–H groups in total. The third kappa shape index (κ3) is 3.95. The summed E-state index contributed by atoms with van der Waals surface area (Å²) >= 11 is 0. The number of hydrogen-bond acceptors (Lipinski definition) is 5. The maximum atomic E-state index is 12.9. The van der Waals surface area contributed by atoms with Gasteiger partial charge in [0.1, 0.15) is 11.5 Å². The highest BCUT2D eigenvalue weighted by Gasteiger charge is 2.34. The van der Waals surface area contributed by atoms with E-state index >= 15 is 0 Å². The Balaban J connectivity index is 1.61. The fraction of sp³-hybridized carbons (Fsp3) is 0.240. The Morgan fingerprint density at radius 3 is 2.61 bits per heavy atom. The monoisotopic (exact) mass is 447 g/mol. The molecule has 3 aromatic rings. The van der Waals surface area contributed by atoms with Crippen molar-refractivity contribution in [2.24, 2.45) is 0 Å². The number of benzene rings is 1. The molecule has 1 aromatic carbocycles. The van der Waals surface area contributed by atoms with Gasteiger partial charge in [-0.05, 0) is 74.7 Å². The van der Waals surface area contributed by atoms with Crippen LogP contribution in [0.2, 0.25) is 0 Å². The van der Waals surface area contributed by atoms with Crippen molar-refractivity contribution in [2.45, 2.75) is 34.2 Å². The third-order valence-electron chi connectivity index (χ3n) is 5.91. The average molecular weight is 447 g/mol. The summed E-state index contributed by atoms with van der Waals surface area (Å²) in [6.07, 6.45) is 1.69. The molecular weight excluding hydrogens is 422 g/mol. The molecule has 0 saturated carbocycles. The van der Waals surface area contributed by atoms with Crippen molar-refractivity contribution in [1.29, 1.82) is 0 Å². The summed E-state index contributed by atoms with van der Waals surface area (Å²) in [6.45, 7) is 8.05. The number of urea groups is 1. The smallest absolute Gasteiger partial charge is 0.373 e. The number of nitrogens with zero attached hydrogens (tertiary/aromatic N) is 2. The average Bonchev–Trinajstić information content (AvgIpc) is 3.44. The van der Waals surface area contributed by atoms with Gasteiger partial charge in [0.15, 0.2) is 0 Å². The number of carbonyl (C=O) groups excluding carboxylic acids is 3. The van der Waals surface area contributed by atoms with E-state index in [-0.39, 0.29) is 18.0 Å². The van der Waals surface area contributed by atoms with Crippen molar-refractivity contribution < 1.29 is 23.5 Å². The van der Waals surface area contributed by atoms with Crippen LogP contribution in [0.3, 0.4) is 0 Å². The van der Waals surface area contributed by atoms with E-state index in [1.165, 1.54) is 30.4 Å². The quantitative estimate of drug-likeness (QED) is 0.360. The van der Waals surface area contributed by atoms with Gasteiger partial charge in [-0.25, -0.2) is 9.59 Å². The van der Waals surface area contributed by atoms with Crippen LogP contribution in [0.1, 0.15) is 44.4 Å². The summed E-state index contributed by atoms with van der Waals surface area (Å²) in [4.78, 5) is 38.0. The van der Waals surface area contributed by atoms with Crippen molar-refractivity contribution in [1.82, 2.24) is 14.8 Å². The van der Waals surface area contributed by atoms with Gasteiger partial charge >= 0.3 is 12.0 Å². The van der Waals surface area contributed by atoms with Crippen LogP contribution >= 0.6 is 0 Å². The second-order valence-electron chi connectivity index (χ2n) is 8.02. The topological polar surface area (TPSA) is 93.8 Å². The second kappa shape index (κ2) is 8.46. The Morgan fingerprint density at radius 1 is 1.12 bits per heavy atom. The molecule has 0 unspecified atom stereocenters. The molecule has 3 amide bonds. The molecule has 8 nitrogen and oxygen atoms in total. The SMILES string of the molecule is COC(=O)c1ccc(CN2C(=O)NC(=Cc3cc(C)n(-c4cccc(C)c4C)c3C)C2=O)o1. The Morgan fingerprint density at radius 2 is 1.88 bits per heavy atom. The molecule has 0 radical (unpaired) electrons. The van der Waals surface area contributed by atoms with Crippen molar-refractivity contribution in [3.63, 3.8) is 0 Å². The zero-order valence-corrected chi connectivity index (χ0v) is 19.2. The van der Waals surface area contributed by atoms with E-state index in [4.69, 9.17) is 4.42 Å². The fourth-order valence-corrected chi connectivity index (χ4v) is 3.98. The summed E-state index contributed by atoms with van der Waals surface area (Å²) < 4.78 is 12.1. The minimum atomic E-state index is -0.627. The summed E-state index contributed by atoms with van der Waals surface area (Å²) in [5.74, 6) is -0.784. The van der Waals surface area contributed by atoms with Crippen LogP contribution in [0.4, 0.5) is 4.79 Å². The first kappa shape index (κ1) is 22.1. The molecule has 0 atom stereocenters. The van der Waals surface area contributed by atoms with Crippen molar-refractivity contribution in [3.8, 4) is 5.69 Å². The molecule has 4 rings (SSSR count). The first-order valence-electron chi connectivity index (χ1n) is 10.5. The van der Waals surface area contributed by atoms with Gasteiger partial charge in [-0.3, -0.25) is 9.69 Å². The number of carbonyl (C=O) groups is 3. The van der Waals surface area contributed by atoms with Crippen LogP contribution < -0.4 is 5.32 Å². The molecule has 1 fully saturated rings. The number of furan rings is 1. The van der Waals surface area contributed by atoms with Gasteiger partial charge in [-0.2, -0.15) is 0 Å². The fourth-order valence-electron chi connectivity index (χ4n) is 3.98. The summed E-state index contributed by atoms with van der Waals surface area (Å²) in [7, 11) is 1.25. The van der Waals surface area contributed by atoms with Gasteiger partial charge in [0.25, 0.3) is 5.91 Å². The van der Waals surface area contributed by atoms with Crippen molar-refractivity contribution in [2.75, 3.05) is 7.11 Å². The second-order valence-corrected chi connectivity index (χ2v) is 8.02. The van der Waals surface area contributed by atoms with Crippen LogP contribution in [0.15, 0.2) is 46.5 Å². The number of imide groups is 1. The Bertz CT molecular complexity index is 1310. The van der Waals surface area contributed by atoms with Gasteiger partial charge in [-0.15, -0.1) is 0 Å². The molecule has 0 bridgehead atoms. The lowest BCUT2D eigenvalue weighted by Crippen LogP contribution is -2.30. The Kier molecular flexibility index (Phi) is 5.68. The number of hydrogen-bond donors (Lipinski definition) is 1. The zero-order chi connectivity index (χ0) is 23.9. The van der Waals surface area contributed by atoms with Crippen molar-refractivity contribution in [3.05, 3.63) is 81.7 Å². The normalized spacial score (nSPS) is 14.8. The summed E-state index contributed by atoms with van der Waals surface area (Å²) in [5, 5.41) is 2.64. The van der Waals surface area contributed by atoms with Gasteiger partial charge < -0.3 is 19.0 Å². The molecule has 0 spiro atoms. The molecule has 3 heterocycles. The predicted molar refractivity (Wildman–Crippen MR) is 122 cm³/mol. The zero-order valence-electron chi connectivity index (χ0n) is 19.2. The highest BCUT2D eigenvalue weighted by molar-refractivity contribution is 6.13. The minimum absolute atomic E-state index is 0.00852. The van der Waals surface area contributed by atoms with Crippen molar-refractivity contribution >= 4 is 24.0 Å². The lowest BCUT2D eigenvalue weighted by Gasteiger charge is -2.14. The lowest BCUT2D eigenvalue weighted by molar-refractivity contribution is -0.123. The van der Waals surface area contributed by atoms with E-state index in [2.05, 4.69) is 40.6 Å². The number of ether oxygens (including phenoxy) is 1. The summed E-state index contributed by atoms with van der Waals surface area (Å²) in [6, 6.07) is 10.6. The van der Waals surface area contributed by atoms with Crippen LogP contribution in [-0.4, -0.2) is 34.5 Å². The molecule has 0 aliphatic carbocycles. The van der Waals surface area contributed by atoms with Gasteiger partial charge in [-0.1, -0.05) is 12.1 Å². The number of nitrogens with one attached hydrogen (secondary N) is 1. The number of aryl methyl sites for hydroxylation is 2. The molecule has 1 aliphatic heterocycles. The molecule has 33 heavy (non-hydrogen) atoms. The maximum Gasteiger partial charge on any atom is 0.373 e. The van der Waals surface area contributed by atoms with E-state index in [0.717, 1.165) is 27.5 Å². The molecule has 1 saturated heterocycles. The minimum Gasteiger partial charge on any atom is -0.463 e. The molecule has 8 heteroatoms. The third-order valence-corrected chi connectivity index (χ3v) is 5.91. The number of esters is 1. The van der Waals surface area contributed by atoms with E-state index < -0.39 is 17.9 Å².